The molecule has 17 heavy (non-hydrogen) atoms. The average Bonchev–Trinajstić information content (AvgIpc) is 2.67. The van der Waals surface area contributed by atoms with Gasteiger partial charge in [-0.05, 0) is 17.2 Å². The molecule has 88 valence electrons. The minimum absolute atomic E-state index is 0.0190. The van der Waals surface area contributed by atoms with Crippen LogP contribution in [0.4, 0.5) is 5.69 Å². The molecule has 0 unspecified atom stereocenters. The van der Waals surface area contributed by atoms with Crippen LogP contribution in [0, 0.1) is 0 Å². The summed E-state index contributed by atoms with van der Waals surface area (Å²) in [4.78, 5) is 33.9. The summed E-state index contributed by atoms with van der Waals surface area (Å²) in [6.45, 7) is 0.360. The third kappa shape index (κ3) is 2.33. The number of hydrogen-bond acceptors (Lipinski definition) is 3. The number of nitrogens with zero attached hydrogens (tertiary/aromatic N) is 1. The zero-order chi connectivity index (χ0) is 12.4. The summed E-state index contributed by atoms with van der Waals surface area (Å²) in [5, 5.41) is 2.74. The van der Waals surface area contributed by atoms with E-state index < -0.39 is 5.91 Å². The van der Waals surface area contributed by atoms with Crippen molar-refractivity contribution in [2.24, 2.45) is 0 Å². The topological polar surface area (TPSA) is 66.5 Å². The van der Waals surface area contributed by atoms with Crippen molar-refractivity contribution in [3.63, 3.8) is 0 Å². The number of rotatable bonds is 3. The number of hydrogen-bond donors (Lipinski definition) is 1. The van der Waals surface area contributed by atoms with Crippen LogP contribution in [0.1, 0.15) is 11.1 Å². The van der Waals surface area contributed by atoms with E-state index >= 15 is 0 Å². The Morgan fingerprint density at radius 2 is 2.29 bits per heavy atom. The lowest BCUT2D eigenvalue weighted by molar-refractivity contribution is -0.138. The first-order valence-corrected chi connectivity index (χ1v) is 5.22. The Kier molecular flexibility index (Phi) is 2.91. The predicted molar refractivity (Wildman–Crippen MR) is 61.3 cm³/mol. The fraction of sp³-hybridized carbons (Fsp3) is 0.250. The Morgan fingerprint density at radius 3 is 3.00 bits per heavy atom. The van der Waals surface area contributed by atoms with Gasteiger partial charge in [0.25, 0.3) is 5.91 Å². The first-order chi connectivity index (χ1) is 8.10. The Balaban J connectivity index is 2.14. The van der Waals surface area contributed by atoms with Gasteiger partial charge < -0.3 is 10.2 Å². The lowest BCUT2D eigenvalue weighted by Gasteiger charge is -2.14. The van der Waals surface area contributed by atoms with Crippen LogP contribution in [-0.2, 0) is 27.3 Å². The van der Waals surface area contributed by atoms with Gasteiger partial charge in [0.05, 0.1) is 6.42 Å². The molecule has 5 nitrogen and oxygen atoms in total. The minimum atomic E-state index is -0.556. The van der Waals surface area contributed by atoms with Gasteiger partial charge in [-0.15, -0.1) is 0 Å². The molecule has 0 spiro atoms. The summed E-state index contributed by atoms with van der Waals surface area (Å²) >= 11 is 0. The van der Waals surface area contributed by atoms with E-state index in [0.29, 0.717) is 19.3 Å². The highest BCUT2D eigenvalue weighted by molar-refractivity contribution is 6.23. The number of carbonyl (C=O) groups is 3. The van der Waals surface area contributed by atoms with Crippen molar-refractivity contribution in [1.29, 1.82) is 0 Å². The second-order valence-electron chi connectivity index (χ2n) is 4.03. The van der Waals surface area contributed by atoms with Crippen LogP contribution in [0.2, 0.25) is 0 Å². The van der Waals surface area contributed by atoms with Crippen LogP contribution in [0.3, 0.4) is 0 Å². The largest absolute Gasteiger partial charge is 0.335 e. The van der Waals surface area contributed by atoms with Crippen molar-refractivity contribution in [1.82, 2.24) is 4.90 Å². The first-order valence-electron chi connectivity index (χ1n) is 5.22. The maximum Gasteiger partial charge on any atom is 0.286 e. The molecule has 2 rings (SSSR count). The maximum atomic E-state index is 11.2. The highest BCUT2D eigenvalue weighted by Crippen LogP contribution is 2.24. The van der Waals surface area contributed by atoms with E-state index in [-0.39, 0.29) is 5.91 Å². The highest BCUT2D eigenvalue weighted by atomic mass is 16.2. The summed E-state index contributed by atoms with van der Waals surface area (Å²) in [6.07, 6.45) is 0.660. The number of fused-ring (bicyclic) bond motifs is 1. The standard InChI is InChI=1S/C12H12N2O3/c1-14(12(17)7-15)6-8-2-3-10-9(4-8)5-11(16)13-10/h2-4,7H,5-6H2,1H3,(H,13,16). The summed E-state index contributed by atoms with van der Waals surface area (Å²) in [5.74, 6) is -0.575. The normalized spacial score (nSPS) is 12.9. The van der Waals surface area contributed by atoms with E-state index in [0.717, 1.165) is 16.8 Å². The Labute approximate surface area is 98.4 Å². The van der Waals surface area contributed by atoms with Gasteiger partial charge in [-0.1, -0.05) is 12.1 Å². The molecule has 5 heteroatoms. The van der Waals surface area contributed by atoms with Crippen LogP contribution in [0.15, 0.2) is 18.2 Å². The van der Waals surface area contributed by atoms with Crippen molar-refractivity contribution in [3.05, 3.63) is 29.3 Å². The molecule has 2 amide bonds. The van der Waals surface area contributed by atoms with Crippen molar-refractivity contribution < 1.29 is 14.4 Å². The third-order valence-corrected chi connectivity index (χ3v) is 2.69. The Morgan fingerprint density at radius 1 is 1.53 bits per heavy atom. The lowest BCUT2D eigenvalue weighted by Crippen LogP contribution is -2.26. The summed E-state index contributed by atoms with van der Waals surface area (Å²) in [6, 6.07) is 5.52. The van der Waals surface area contributed by atoms with Gasteiger partial charge in [-0.2, -0.15) is 0 Å². The number of anilines is 1. The molecule has 0 atom stereocenters. The summed E-state index contributed by atoms with van der Waals surface area (Å²) in [7, 11) is 1.56. The van der Waals surface area contributed by atoms with Crippen LogP contribution < -0.4 is 5.32 Å². The second kappa shape index (κ2) is 4.37. The van der Waals surface area contributed by atoms with Crippen molar-refractivity contribution in [2.45, 2.75) is 13.0 Å². The van der Waals surface area contributed by atoms with Gasteiger partial charge in [0.1, 0.15) is 0 Å². The molecule has 1 aliphatic heterocycles. The number of aldehydes is 1. The van der Waals surface area contributed by atoms with Crippen molar-refractivity contribution >= 4 is 23.8 Å². The molecule has 0 radical (unpaired) electrons. The average molecular weight is 232 g/mol. The minimum Gasteiger partial charge on any atom is -0.335 e. The molecule has 1 aromatic rings. The molecular weight excluding hydrogens is 220 g/mol. The molecule has 1 heterocycles. The molecule has 0 aliphatic carbocycles. The zero-order valence-corrected chi connectivity index (χ0v) is 9.40. The lowest BCUT2D eigenvalue weighted by atomic mass is 10.1. The van der Waals surface area contributed by atoms with E-state index in [1.54, 1.807) is 7.05 Å². The van der Waals surface area contributed by atoms with Crippen LogP contribution in [-0.4, -0.2) is 30.0 Å². The fourth-order valence-electron chi connectivity index (χ4n) is 1.82. The van der Waals surface area contributed by atoms with E-state index in [1.807, 2.05) is 18.2 Å². The van der Waals surface area contributed by atoms with Gasteiger partial charge in [-0.3, -0.25) is 14.4 Å². The van der Waals surface area contributed by atoms with E-state index in [4.69, 9.17) is 0 Å². The molecule has 1 aromatic carbocycles. The number of amides is 2. The van der Waals surface area contributed by atoms with Gasteiger partial charge in [0, 0.05) is 19.3 Å². The molecular formula is C12H12N2O3. The van der Waals surface area contributed by atoms with Crippen molar-refractivity contribution in [2.75, 3.05) is 12.4 Å². The molecule has 1 aliphatic rings. The van der Waals surface area contributed by atoms with Gasteiger partial charge in [-0.25, -0.2) is 0 Å². The second-order valence-corrected chi connectivity index (χ2v) is 4.03. The Bertz CT molecular complexity index is 497. The van der Waals surface area contributed by atoms with E-state index in [9.17, 15) is 14.4 Å². The van der Waals surface area contributed by atoms with Crippen LogP contribution in [0.5, 0.6) is 0 Å². The first kappa shape index (κ1) is 11.3. The molecule has 0 saturated heterocycles. The maximum absolute atomic E-state index is 11.2. The predicted octanol–water partition coefficient (Wildman–Crippen LogP) is 0.338. The summed E-state index contributed by atoms with van der Waals surface area (Å²) in [5.41, 5.74) is 2.65. The number of likely N-dealkylation sites (N-methyl/N-ethyl adjacent to an activating group) is 1. The highest BCUT2D eigenvalue weighted by Gasteiger charge is 2.18. The molecule has 0 saturated carbocycles. The third-order valence-electron chi connectivity index (χ3n) is 2.69. The quantitative estimate of drug-likeness (QED) is 0.603. The van der Waals surface area contributed by atoms with E-state index in [2.05, 4.69) is 5.32 Å². The van der Waals surface area contributed by atoms with Gasteiger partial charge in [0.15, 0.2) is 0 Å². The van der Waals surface area contributed by atoms with Gasteiger partial charge >= 0.3 is 0 Å². The molecule has 0 aromatic heterocycles. The Hall–Kier alpha value is -2.17. The monoisotopic (exact) mass is 232 g/mol. The number of benzene rings is 1. The number of carbonyl (C=O) groups excluding carboxylic acids is 3. The zero-order valence-electron chi connectivity index (χ0n) is 9.40. The molecule has 0 fully saturated rings. The summed E-state index contributed by atoms with van der Waals surface area (Å²) < 4.78 is 0. The van der Waals surface area contributed by atoms with Gasteiger partial charge in [0.2, 0.25) is 12.2 Å². The fourth-order valence-corrected chi connectivity index (χ4v) is 1.82. The number of nitrogens with one attached hydrogen (secondary N) is 1. The SMILES string of the molecule is CN(Cc1ccc2c(c1)CC(=O)N2)C(=O)C=O. The smallest absolute Gasteiger partial charge is 0.286 e. The van der Waals surface area contributed by atoms with E-state index in [1.165, 1.54) is 4.90 Å². The van der Waals surface area contributed by atoms with Crippen molar-refractivity contribution in [3.8, 4) is 0 Å². The molecule has 1 N–H and O–H groups in total. The van der Waals surface area contributed by atoms with Crippen LogP contribution in [0.25, 0.3) is 0 Å². The van der Waals surface area contributed by atoms with Crippen LogP contribution >= 0.6 is 0 Å². The molecule has 0 bridgehead atoms.